The van der Waals surface area contributed by atoms with Crippen LogP contribution < -0.4 is 20.3 Å². The van der Waals surface area contributed by atoms with Gasteiger partial charge in [0.25, 0.3) is 11.8 Å². The van der Waals surface area contributed by atoms with Gasteiger partial charge in [-0.15, -0.1) is 0 Å². The van der Waals surface area contributed by atoms with E-state index in [9.17, 15) is 9.59 Å². The average Bonchev–Trinajstić information content (AvgIpc) is 2.59. The number of amides is 2. The molecule has 2 N–H and O–H groups in total. The SMILES string of the molecule is CC(C)Oc1ccc(C(=O)NNC(=O)COc2ccccc2)cc1. The molecular weight excluding hydrogens is 308 g/mol. The molecule has 0 aliphatic heterocycles. The second kappa shape index (κ2) is 8.57. The van der Waals surface area contributed by atoms with Gasteiger partial charge in [0.1, 0.15) is 11.5 Å². The smallest absolute Gasteiger partial charge is 0.276 e. The molecule has 0 heterocycles. The molecule has 126 valence electrons. The molecule has 0 saturated heterocycles. The summed E-state index contributed by atoms with van der Waals surface area (Å²) in [5.41, 5.74) is 5.05. The van der Waals surface area contributed by atoms with Crippen molar-refractivity contribution in [1.29, 1.82) is 0 Å². The van der Waals surface area contributed by atoms with Crippen LogP contribution in [0.25, 0.3) is 0 Å². The molecule has 6 heteroatoms. The Morgan fingerprint density at radius 2 is 1.58 bits per heavy atom. The van der Waals surface area contributed by atoms with Gasteiger partial charge in [0.15, 0.2) is 6.61 Å². The monoisotopic (exact) mass is 328 g/mol. The molecular formula is C18H20N2O4. The van der Waals surface area contributed by atoms with Crippen molar-refractivity contribution in [2.24, 2.45) is 0 Å². The summed E-state index contributed by atoms with van der Waals surface area (Å²) in [5, 5.41) is 0. The predicted octanol–water partition coefficient (Wildman–Crippen LogP) is 2.31. The fourth-order valence-corrected chi connectivity index (χ4v) is 1.86. The minimum absolute atomic E-state index is 0.0635. The number of ether oxygens (including phenoxy) is 2. The predicted molar refractivity (Wildman–Crippen MR) is 89.8 cm³/mol. The van der Waals surface area contributed by atoms with E-state index in [4.69, 9.17) is 9.47 Å². The van der Waals surface area contributed by atoms with Crippen LogP contribution >= 0.6 is 0 Å². The number of carbonyl (C=O) groups excluding carboxylic acids is 2. The molecule has 2 rings (SSSR count). The van der Waals surface area contributed by atoms with Crippen molar-refractivity contribution in [3.05, 3.63) is 60.2 Å². The van der Waals surface area contributed by atoms with Crippen molar-refractivity contribution >= 4 is 11.8 Å². The molecule has 0 bridgehead atoms. The topological polar surface area (TPSA) is 76.7 Å². The standard InChI is InChI=1S/C18H20N2O4/c1-13(2)24-16-10-8-14(9-11-16)18(22)20-19-17(21)12-23-15-6-4-3-5-7-15/h3-11,13H,12H2,1-2H3,(H,19,21)(H,20,22). The fourth-order valence-electron chi connectivity index (χ4n) is 1.86. The summed E-state index contributed by atoms with van der Waals surface area (Å²) in [6.45, 7) is 3.66. The van der Waals surface area contributed by atoms with Crippen molar-refractivity contribution in [2.45, 2.75) is 20.0 Å². The molecule has 0 fully saturated rings. The highest BCUT2D eigenvalue weighted by molar-refractivity contribution is 5.95. The van der Waals surface area contributed by atoms with Crippen LogP contribution in [0, 0.1) is 0 Å². The van der Waals surface area contributed by atoms with Gasteiger partial charge in [-0.05, 0) is 50.2 Å². The fraction of sp³-hybridized carbons (Fsp3) is 0.222. The van der Waals surface area contributed by atoms with Crippen LogP contribution in [0.3, 0.4) is 0 Å². The molecule has 0 aliphatic rings. The van der Waals surface area contributed by atoms with Crippen molar-refractivity contribution in [3.8, 4) is 11.5 Å². The number of hydrogen-bond donors (Lipinski definition) is 2. The van der Waals surface area contributed by atoms with Crippen LogP contribution in [0.5, 0.6) is 11.5 Å². The highest BCUT2D eigenvalue weighted by Crippen LogP contribution is 2.13. The number of hydrazine groups is 1. The summed E-state index contributed by atoms with van der Waals surface area (Å²) in [7, 11) is 0. The first-order chi connectivity index (χ1) is 11.5. The molecule has 6 nitrogen and oxygen atoms in total. The van der Waals surface area contributed by atoms with E-state index >= 15 is 0 Å². The summed E-state index contributed by atoms with van der Waals surface area (Å²) in [4.78, 5) is 23.6. The first kappa shape index (κ1) is 17.3. The molecule has 2 amide bonds. The van der Waals surface area contributed by atoms with E-state index in [2.05, 4.69) is 10.9 Å². The molecule has 2 aromatic carbocycles. The van der Waals surface area contributed by atoms with E-state index in [1.165, 1.54) is 0 Å². The number of rotatable bonds is 6. The van der Waals surface area contributed by atoms with E-state index in [0.29, 0.717) is 17.1 Å². The highest BCUT2D eigenvalue weighted by Gasteiger charge is 2.08. The zero-order valence-corrected chi connectivity index (χ0v) is 13.6. The lowest BCUT2D eigenvalue weighted by Crippen LogP contribution is -2.43. The van der Waals surface area contributed by atoms with Crippen LogP contribution in [-0.4, -0.2) is 24.5 Å². The van der Waals surface area contributed by atoms with Gasteiger partial charge in [-0.3, -0.25) is 20.4 Å². The van der Waals surface area contributed by atoms with Crippen molar-refractivity contribution in [1.82, 2.24) is 10.9 Å². The Bertz CT molecular complexity index is 669. The second-order valence-electron chi connectivity index (χ2n) is 5.30. The Balaban J connectivity index is 1.76. The first-order valence-corrected chi connectivity index (χ1v) is 7.58. The number of nitrogens with one attached hydrogen (secondary N) is 2. The van der Waals surface area contributed by atoms with Gasteiger partial charge in [-0.1, -0.05) is 18.2 Å². The van der Waals surface area contributed by atoms with Gasteiger partial charge in [0.2, 0.25) is 0 Å². The van der Waals surface area contributed by atoms with Crippen LogP contribution in [0.2, 0.25) is 0 Å². The minimum Gasteiger partial charge on any atom is -0.491 e. The van der Waals surface area contributed by atoms with E-state index < -0.39 is 11.8 Å². The van der Waals surface area contributed by atoms with Gasteiger partial charge in [0.05, 0.1) is 6.10 Å². The molecule has 0 aromatic heterocycles. The number of hydrogen-bond acceptors (Lipinski definition) is 4. The average molecular weight is 328 g/mol. The number of para-hydroxylation sites is 1. The van der Waals surface area contributed by atoms with Gasteiger partial charge >= 0.3 is 0 Å². The van der Waals surface area contributed by atoms with Crippen molar-refractivity contribution in [3.63, 3.8) is 0 Å². The first-order valence-electron chi connectivity index (χ1n) is 7.58. The molecule has 0 saturated carbocycles. The lowest BCUT2D eigenvalue weighted by Gasteiger charge is -2.11. The number of benzene rings is 2. The molecule has 0 radical (unpaired) electrons. The summed E-state index contributed by atoms with van der Waals surface area (Å²) >= 11 is 0. The Kier molecular flexibility index (Phi) is 6.19. The normalized spacial score (nSPS) is 10.1. The van der Waals surface area contributed by atoms with Crippen LogP contribution in [0.1, 0.15) is 24.2 Å². The Morgan fingerprint density at radius 1 is 0.917 bits per heavy atom. The molecule has 0 unspecified atom stereocenters. The largest absolute Gasteiger partial charge is 0.491 e. The van der Waals surface area contributed by atoms with Crippen LogP contribution in [0.4, 0.5) is 0 Å². The lowest BCUT2D eigenvalue weighted by molar-refractivity contribution is -0.123. The van der Waals surface area contributed by atoms with Crippen LogP contribution in [0.15, 0.2) is 54.6 Å². The van der Waals surface area contributed by atoms with E-state index in [1.54, 1.807) is 36.4 Å². The quantitative estimate of drug-likeness (QED) is 0.798. The molecule has 24 heavy (non-hydrogen) atoms. The van der Waals surface area contributed by atoms with Crippen molar-refractivity contribution in [2.75, 3.05) is 6.61 Å². The van der Waals surface area contributed by atoms with Gasteiger partial charge in [-0.2, -0.15) is 0 Å². The minimum atomic E-state index is -0.452. The van der Waals surface area contributed by atoms with E-state index in [-0.39, 0.29) is 12.7 Å². The van der Waals surface area contributed by atoms with Gasteiger partial charge in [0, 0.05) is 5.56 Å². The molecule has 0 atom stereocenters. The maximum Gasteiger partial charge on any atom is 0.276 e. The lowest BCUT2D eigenvalue weighted by atomic mass is 10.2. The van der Waals surface area contributed by atoms with Gasteiger partial charge < -0.3 is 9.47 Å². The summed E-state index contributed by atoms with van der Waals surface area (Å²) in [5.74, 6) is 0.396. The molecule has 0 aliphatic carbocycles. The third-order valence-electron chi connectivity index (χ3n) is 2.92. The Hall–Kier alpha value is -3.02. The summed E-state index contributed by atoms with van der Waals surface area (Å²) < 4.78 is 10.8. The van der Waals surface area contributed by atoms with E-state index in [0.717, 1.165) is 0 Å². The zero-order valence-electron chi connectivity index (χ0n) is 13.6. The maximum absolute atomic E-state index is 11.9. The summed E-state index contributed by atoms with van der Waals surface area (Å²) in [6, 6.07) is 15.6. The van der Waals surface area contributed by atoms with Gasteiger partial charge in [-0.25, -0.2) is 0 Å². The van der Waals surface area contributed by atoms with E-state index in [1.807, 2.05) is 32.0 Å². The second-order valence-corrected chi connectivity index (χ2v) is 5.30. The highest BCUT2D eigenvalue weighted by atomic mass is 16.5. The summed E-state index contributed by atoms with van der Waals surface area (Å²) in [6.07, 6.45) is 0.0635. The van der Waals surface area contributed by atoms with Crippen LogP contribution in [-0.2, 0) is 4.79 Å². The molecule has 0 spiro atoms. The Labute approximate surface area is 140 Å². The zero-order chi connectivity index (χ0) is 17.4. The molecule has 2 aromatic rings. The third-order valence-corrected chi connectivity index (χ3v) is 2.92. The number of carbonyl (C=O) groups is 2. The third kappa shape index (κ3) is 5.64. The maximum atomic E-state index is 11.9. The Morgan fingerprint density at radius 3 is 2.21 bits per heavy atom. The van der Waals surface area contributed by atoms with Crippen molar-refractivity contribution < 1.29 is 19.1 Å².